The molecule has 0 aliphatic carbocycles. The molecule has 6 rings (SSSR count). The van der Waals surface area contributed by atoms with E-state index in [0.29, 0.717) is 12.0 Å². The van der Waals surface area contributed by atoms with Gasteiger partial charge < -0.3 is 71.5 Å². The van der Waals surface area contributed by atoms with Gasteiger partial charge in [0.1, 0.15) is 36.4 Å². The Morgan fingerprint density at radius 2 is 1.57 bits per heavy atom. The smallest absolute Gasteiger partial charge is 0.335 e. The number of amides is 4. The third-order valence-electron chi connectivity index (χ3n) is 12.9. The molecule has 11 N–H and O–H groups in total. The highest BCUT2D eigenvalue weighted by Crippen LogP contribution is 2.45. The number of aliphatic carboxylic acids is 1. The van der Waals surface area contributed by atoms with E-state index in [1.165, 1.54) is 32.1 Å². The van der Waals surface area contributed by atoms with Crippen molar-refractivity contribution in [3.63, 3.8) is 0 Å². The van der Waals surface area contributed by atoms with Crippen LogP contribution in [0.15, 0.2) is 60.7 Å². The van der Waals surface area contributed by atoms with Crippen molar-refractivity contribution in [2.45, 2.75) is 165 Å². The summed E-state index contributed by atoms with van der Waals surface area (Å²) in [6, 6.07) is 6.91. The lowest BCUT2D eigenvalue weighted by Crippen LogP contribution is -2.65. The number of nitro groups is 1. The first-order valence-electron chi connectivity index (χ1n) is 25.2. The van der Waals surface area contributed by atoms with Crippen LogP contribution < -0.4 is 41.2 Å². The predicted octanol–water partition coefficient (Wildman–Crippen LogP) is 3.79. The molecule has 23 heteroatoms. The number of carbonyl (C=O) groups is 5. The van der Waals surface area contributed by atoms with Gasteiger partial charge in [-0.1, -0.05) is 109 Å². The van der Waals surface area contributed by atoms with Gasteiger partial charge in [-0.15, -0.1) is 12.4 Å². The molecule has 3 aliphatic rings. The number of benzene rings is 3. The lowest BCUT2D eigenvalue weighted by molar-refractivity contribution is -0.385. The minimum Gasteiger partial charge on any atom is -0.490 e. The van der Waals surface area contributed by atoms with E-state index in [4.69, 9.17) is 24.7 Å². The zero-order valence-corrected chi connectivity index (χ0v) is 43.5. The van der Waals surface area contributed by atoms with Crippen molar-refractivity contribution in [2.24, 2.45) is 11.7 Å². The van der Waals surface area contributed by atoms with Gasteiger partial charge in [0.2, 0.25) is 41.4 Å². The number of nitrogens with one attached hydrogen (secondary N) is 4. The van der Waals surface area contributed by atoms with E-state index in [9.17, 15) is 59.6 Å². The van der Waals surface area contributed by atoms with Crippen LogP contribution in [0.4, 0.5) is 5.69 Å². The average Bonchev–Trinajstić information content (AvgIpc) is 3.36. The molecule has 0 saturated carbocycles. The van der Waals surface area contributed by atoms with Crippen molar-refractivity contribution >= 4 is 47.7 Å². The van der Waals surface area contributed by atoms with E-state index in [1.54, 1.807) is 30.3 Å². The molecule has 3 aliphatic heterocycles. The number of ether oxygens (including phenoxy) is 4. The number of carboxylic acids is 1. The summed E-state index contributed by atoms with van der Waals surface area (Å²) in [5.74, 6) is -6.54. The fourth-order valence-corrected chi connectivity index (χ4v) is 8.91. The number of carbonyl (C=O) groups excluding carboxylic acids is 4. The minimum absolute atomic E-state index is 0. The van der Waals surface area contributed by atoms with Gasteiger partial charge in [-0.05, 0) is 53.6 Å². The molecule has 1 fully saturated rings. The Labute approximate surface area is 442 Å². The van der Waals surface area contributed by atoms with Crippen molar-refractivity contribution in [3.8, 4) is 23.0 Å². The fraction of sp³-hybridized carbons (Fsp3) is 0.558. The number of fused-ring (bicyclic) bond motifs is 9. The average molecular weight is 1070 g/mol. The van der Waals surface area contributed by atoms with E-state index in [1.807, 2.05) is 13.8 Å². The highest BCUT2D eigenvalue weighted by Gasteiger charge is 2.47. The molecule has 3 aromatic carbocycles. The van der Waals surface area contributed by atoms with Crippen molar-refractivity contribution in [2.75, 3.05) is 13.7 Å². The summed E-state index contributed by atoms with van der Waals surface area (Å²) in [4.78, 5) is 80.6. The third-order valence-corrected chi connectivity index (χ3v) is 12.9. The Kier molecular flexibility index (Phi) is 24.4. The predicted molar refractivity (Wildman–Crippen MR) is 275 cm³/mol. The van der Waals surface area contributed by atoms with Gasteiger partial charge in [-0.3, -0.25) is 29.3 Å². The number of nitrogens with zero attached hydrogens (tertiary/aromatic N) is 1. The molecular formula is C52H73ClN6O16. The first-order valence-corrected chi connectivity index (χ1v) is 25.2. The highest BCUT2D eigenvalue weighted by atomic mass is 35.5. The molecule has 3 heterocycles. The minimum atomic E-state index is -2.45. The summed E-state index contributed by atoms with van der Waals surface area (Å²) in [7, 11) is 1.17. The number of methoxy groups -OCH3 is 1. The number of carboxylic acid groups (broad SMARTS) is 1. The largest absolute Gasteiger partial charge is 0.490 e. The first-order chi connectivity index (χ1) is 35.3. The normalized spacial score (nSPS) is 22.6. The summed E-state index contributed by atoms with van der Waals surface area (Å²) in [5, 5.41) is 77.5. The van der Waals surface area contributed by atoms with E-state index in [0.717, 1.165) is 56.7 Å². The molecule has 4 amide bonds. The monoisotopic (exact) mass is 1070 g/mol. The second-order valence-corrected chi connectivity index (χ2v) is 19.2. The molecule has 1 saturated heterocycles. The summed E-state index contributed by atoms with van der Waals surface area (Å²) in [6.45, 7) is 5.03. The molecule has 4 bridgehead atoms. The maximum Gasteiger partial charge on any atom is 0.335 e. The Morgan fingerprint density at radius 1 is 0.907 bits per heavy atom. The Hall–Kier alpha value is -6.14. The molecule has 0 radical (unpaired) electrons. The Balaban J connectivity index is 0.0000122. The van der Waals surface area contributed by atoms with E-state index in [2.05, 4.69) is 28.2 Å². The van der Waals surface area contributed by atoms with E-state index in [-0.39, 0.29) is 60.9 Å². The van der Waals surface area contributed by atoms with E-state index >= 15 is 0 Å². The van der Waals surface area contributed by atoms with E-state index < -0.39 is 125 Å². The van der Waals surface area contributed by atoms with Crippen molar-refractivity contribution in [1.29, 1.82) is 0 Å². The molecule has 0 unspecified atom stereocenters. The van der Waals surface area contributed by atoms with Gasteiger partial charge in [-0.2, -0.15) is 0 Å². The molecule has 10 atom stereocenters. The second-order valence-electron chi connectivity index (χ2n) is 19.2. The third kappa shape index (κ3) is 17.5. The number of nitrogens with two attached hydrogens (primary N) is 1. The van der Waals surface area contributed by atoms with Crippen LogP contribution in [0.3, 0.4) is 0 Å². The number of unbranched alkanes of at least 4 members (excludes halogenated alkanes) is 8. The van der Waals surface area contributed by atoms with Crippen LogP contribution in [-0.4, -0.2) is 129 Å². The van der Waals surface area contributed by atoms with Gasteiger partial charge >= 0.3 is 11.7 Å². The first kappa shape index (κ1) is 61.4. The number of rotatable bonds is 24. The van der Waals surface area contributed by atoms with Crippen LogP contribution >= 0.6 is 12.4 Å². The zero-order valence-electron chi connectivity index (χ0n) is 42.7. The molecule has 414 valence electrons. The summed E-state index contributed by atoms with van der Waals surface area (Å²) < 4.78 is 24.2. The summed E-state index contributed by atoms with van der Waals surface area (Å²) in [6.07, 6.45) is -0.450. The van der Waals surface area contributed by atoms with Crippen LogP contribution in [0.25, 0.3) is 0 Å². The molecule has 75 heavy (non-hydrogen) atoms. The Bertz CT molecular complexity index is 2380. The number of aliphatic hydroxyl groups is 4. The SMILES string of the molecule is CCCCCCCCCCCC(=O)N[C@H]1[C@H](Oc2cc3cc(c2OC)Oc2ccc(cc2[N+](=O)[O-])C[C@@H](NC(=O)[C@H](N)CC(C)C)C(=O)N[C@@H](Cc2ccccc2)C(=O)N[C@H]3[C@H](O)C(=O)O)O[C@H](CO)[C@@H](O)[C@@H]1O.Cl. The van der Waals surface area contributed by atoms with Crippen molar-refractivity contribution < 1.29 is 73.4 Å². The van der Waals surface area contributed by atoms with Crippen molar-refractivity contribution in [3.05, 3.63) is 87.5 Å². The number of nitro benzene ring substituents is 1. The standard InChI is InChI=1S/C52H72N6O16.ClH/c1-5-6-7-8-9-10-11-12-16-19-41(60)56-43-45(62)44(61)40(28-59)74-52(43)73-39-27-32-26-38(47(39)71-4)72-37-21-20-31(25-36(37)58(69)70)24-35(54-48(64)33(53)22-29(2)3)49(65)55-34(23-30-17-14-13-15-18-30)50(66)57-42(32)46(63)51(67)68;/h13-15,17-18,20-21,25-27,29,33-35,40,42-46,52,59,61-63H,5-12,16,19,22-24,28,53H2,1-4H3,(H,54,64)(H,55,65)(H,56,60)(H,57,66)(H,67,68);1H/t33-,34+,35-,40-,42-,43-,44-,45-,46+,52-;/m1./s1. The van der Waals surface area contributed by atoms with Gasteiger partial charge in [0.15, 0.2) is 17.6 Å². The fourth-order valence-electron chi connectivity index (χ4n) is 8.91. The van der Waals surface area contributed by atoms with Crippen LogP contribution in [0.1, 0.15) is 114 Å². The lowest BCUT2D eigenvalue weighted by Gasteiger charge is -2.42. The molecule has 22 nitrogen and oxygen atoms in total. The quantitative estimate of drug-likeness (QED) is 0.0347. The van der Waals surface area contributed by atoms with Gasteiger partial charge in [0.05, 0.1) is 30.7 Å². The number of hydrogen-bond donors (Lipinski definition) is 10. The number of hydrogen-bond acceptors (Lipinski definition) is 16. The number of halogens is 1. The van der Waals surface area contributed by atoms with Crippen LogP contribution in [-0.2, 0) is 41.6 Å². The highest BCUT2D eigenvalue weighted by molar-refractivity contribution is 5.94. The molecule has 3 aromatic rings. The maximum atomic E-state index is 14.6. The number of aliphatic hydroxyl groups excluding tert-OH is 4. The van der Waals surface area contributed by atoms with Gasteiger partial charge in [0.25, 0.3) is 0 Å². The zero-order chi connectivity index (χ0) is 54.1. The Morgan fingerprint density at radius 3 is 2.19 bits per heavy atom. The molecule has 0 aromatic heterocycles. The second kappa shape index (κ2) is 29.8. The molecule has 0 spiro atoms. The maximum absolute atomic E-state index is 14.6. The van der Waals surface area contributed by atoms with Crippen LogP contribution in [0.2, 0.25) is 0 Å². The summed E-state index contributed by atoms with van der Waals surface area (Å²) in [5.41, 5.74) is 5.98. The summed E-state index contributed by atoms with van der Waals surface area (Å²) >= 11 is 0. The topological polar surface area (TPSA) is 341 Å². The van der Waals surface area contributed by atoms with Crippen molar-refractivity contribution in [1.82, 2.24) is 21.3 Å². The van der Waals surface area contributed by atoms with Crippen LogP contribution in [0.5, 0.6) is 23.0 Å². The molecular weight excluding hydrogens is 1000 g/mol. The van der Waals surface area contributed by atoms with Crippen LogP contribution in [0, 0.1) is 16.0 Å². The van der Waals surface area contributed by atoms with Gasteiger partial charge in [-0.25, -0.2) is 4.79 Å². The van der Waals surface area contributed by atoms with Gasteiger partial charge in [0, 0.05) is 25.3 Å². The lowest BCUT2D eigenvalue weighted by atomic mass is 9.96.